The zero-order valence-corrected chi connectivity index (χ0v) is 36.5. The van der Waals surface area contributed by atoms with Gasteiger partial charge < -0.3 is 0 Å². The Balaban J connectivity index is 1.27. The molecule has 4 nitrogen and oxygen atoms in total. The molecule has 2 heterocycles. The Morgan fingerprint density at radius 2 is 1.28 bits per heavy atom. The van der Waals surface area contributed by atoms with E-state index in [1.54, 1.807) is 0 Å². The average molecular weight is 793 g/mol. The van der Waals surface area contributed by atoms with Gasteiger partial charge in [0.2, 0.25) is 5.95 Å². The van der Waals surface area contributed by atoms with E-state index in [1.165, 1.54) is 60.9 Å². The van der Waals surface area contributed by atoms with Gasteiger partial charge in [-0.2, -0.15) is 9.97 Å². The molecule has 9 rings (SSSR count). The van der Waals surface area contributed by atoms with E-state index < -0.39 is 0 Å². The third-order valence-corrected chi connectivity index (χ3v) is 12.4. The highest BCUT2D eigenvalue weighted by Gasteiger charge is 2.36. The summed E-state index contributed by atoms with van der Waals surface area (Å²) in [7, 11) is 0. The lowest BCUT2D eigenvalue weighted by Crippen LogP contribution is -2.15. The number of nitrogens with zero attached hydrogens (tertiary/aromatic N) is 4. The predicted octanol–water partition coefficient (Wildman–Crippen LogP) is 15.4. The van der Waals surface area contributed by atoms with E-state index in [9.17, 15) is 0 Å². The molecular formula is C57H52N4. The quantitative estimate of drug-likeness (QED) is 0.137. The van der Waals surface area contributed by atoms with Crippen LogP contribution in [0, 0.1) is 0 Å². The van der Waals surface area contributed by atoms with E-state index in [4.69, 9.17) is 15.0 Å². The Morgan fingerprint density at radius 1 is 0.590 bits per heavy atom. The first-order valence-corrected chi connectivity index (χ1v) is 21.5. The molecule has 0 N–H and O–H groups in total. The van der Waals surface area contributed by atoms with Crippen LogP contribution < -0.4 is 0 Å². The van der Waals surface area contributed by atoms with Crippen molar-refractivity contribution < 1.29 is 0 Å². The van der Waals surface area contributed by atoms with E-state index in [-0.39, 0.29) is 5.41 Å². The number of para-hydroxylation sites is 1. The van der Waals surface area contributed by atoms with E-state index in [0.717, 1.165) is 33.3 Å². The monoisotopic (exact) mass is 792 g/mol. The van der Waals surface area contributed by atoms with Crippen LogP contribution in [0.2, 0.25) is 0 Å². The number of fused-ring (bicyclic) bond motifs is 6. The van der Waals surface area contributed by atoms with E-state index in [2.05, 4.69) is 206 Å². The van der Waals surface area contributed by atoms with Crippen molar-refractivity contribution in [2.24, 2.45) is 0 Å². The Morgan fingerprint density at radius 3 is 2.03 bits per heavy atom. The van der Waals surface area contributed by atoms with Gasteiger partial charge in [0, 0.05) is 27.3 Å². The number of hydrogen-bond donors (Lipinski definition) is 0. The van der Waals surface area contributed by atoms with Crippen LogP contribution in [0.3, 0.4) is 0 Å². The van der Waals surface area contributed by atoms with Crippen LogP contribution in [0.4, 0.5) is 0 Å². The fourth-order valence-corrected chi connectivity index (χ4v) is 9.39. The fraction of sp³-hybridized carbons (Fsp3) is 0.175. The summed E-state index contributed by atoms with van der Waals surface area (Å²) in [5, 5.41) is 2.35. The van der Waals surface area contributed by atoms with E-state index >= 15 is 0 Å². The summed E-state index contributed by atoms with van der Waals surface area (Å²) in [5.41, 5.74) is 17.7. The first kappa shape index (κ1) is 39.5. The topological polar surface area (TPSA) is 43.6 Å². The molecule has 61 heavy (non-hydrogen) atoms. The van der Waals surface area contributed by atoms with Crippen LogP contribution in [0.1, 0.15) is 89.1 Å². The summed E-state index contributed by atoms with van der Waals surface area (Å²) in [5.74, 6) is 2.17. The normalized spacial score (nSPS) is 13.9. The van der Waals surface area contributed by atoms with Crippen LogP contribution in [0.15, 0.2) is 164 Å². The maximum Gasteiger partial charge on any atom is 0.238 e. The van der Waals surface area contributed by atoms with Crippen LogP contribution >= 0.6 is 0 Å². The van der Waals surface area contributed by atoms with Crippen molar-refractivity contribution in [3.63, 3.8) is 0 Å². The van der Waals surface area contributed by atoms with Crippen molar-refractivity contribution in [2.45, 2.75) is 66.7 Å². The lowest BCUT2D eigenvalue weighted by Gasteiger charge is -2.22. The average Bonchev–Trinajstić information content (AvgIpc) is 3.73. The molecule has 300 valence electrons. The zero-order valence-electron chi connectivity index (χ0n) is 36.5. The minimum atomic E-state index is -0.157. The molecule has 0 amide bonds. The fourth-order valence-electron chi connectivity index (χ4n) is 9.39. The summed E-state index contributed by atoms with van der Waals surface area (Å²) in [4.78, 5) is 15.9. The molecule has 0 radical (unpaired) electrons. The lowest BCUT2D eigenvalue weighted by atomic mass is 9.82. The lowest BCUT2D eigenvalue weighted by molar-refractivity contribution is 0.661. The van der Waals surface area contributed by atoms with Gasteiger partial charge in [-0.1, -0.05) is 155 Å². The molecule has 2 aromatic heterocycles. The second-order valence-corrected chi connectivity index (χ2v) is 16.9. The largest absolute Gasteiger partial charge is 0.278 e. The summed E-state index contributed by atoms with van der Waals surface area (Å²) in [6, 6.07) is 45.9. The Bertz CT molecular complexity index is 3110. The third kappa shape index (κ3) is 6.86. The summed E-state index contributed by atoms with van der Waals surface area (Å²) >= 11 is 0. The van der Waals surface area contributed by atoms with Crippen molar-refractivity contribution in [1.82, 2.24) is 19.5 Å². The Kier molecular flexibility index (Phi) is 10.3. The van der Waals surface area contributed by atoms with Crippen molar-refractivity contribution >= 4 is 33.0 Å². The minimum Gasteiger partial charge on any atom is -0.278 e. The molecule has 1 aliphatic carbocycles. The third-order valence-electron chi connectivity index (χ3n) is 12.4. The summed E-state index contributed by atoms with van der Waals surface area (Å²) in [6.45, 7) is 17.7. The molecule has 6 aromatic carbocycles. The number of benzene rings is 6. The van der Waals surface area contributed by atoms with Gasteiger partial charge in [0.05, 0.1) is 11.0 Å². The molecule has 0 saturated carbocycles. The van der Waals surface area contributed by atoms with Gasteiger partial charge in [0.25, 0.3) is 0 Å². The highest BCUT2D eigenvalue weighted by Crippen LogP contribution is 2.51. The number of rotatable bonds is 9. The first-order chi connectivity index (χ1) is 29.6. The van der Waals surface area contributed by atoms with Gasteiger partial charge in [-0.05, 0) is 131 Å². The van der Waals surface area contributed by atoms with Crippen LogP contribution in [-0.2, 0) is 5.41 Å². The molecule has 8 aromatic rings. The minimum absolute atomic E-state index is 0.157. The Hall–Kier alpha value is -6.91. The molecule has 0 unspecified atom stereocenters. The molecule has 0 spiro atoms. The van der Waals surface area contributed by atoms with Crippen molar-refractivity contribution in [3.05, 3.63) is 192 Å². The standard InChI is InChI=1S/C57H52N4/c1-9-12-22-37(6)45-32-42(33-46(53(45)36(4)5)38(11-3)21-10-2)40-25-20-26-41(31-40)55-58-54(39-23-14-13-15-24-39)59-56(60-55)61-51-30-19-17-28-44(51)48-34-47-43-27-16-18-29-49(43)57(7,8)50(47)35-52(48)61/h9-36H,1-8H3. The van der Waals surface area contributed by atoms with Gasteiger partial charge in [0.1, 0.15) is 0 Å². The van der Waals surface area contributed by atoms with E-state index in [0.29, 0.717) is 23.5 Å². The van der Waals surface area contributed by atoms with E-state index in [1.807, 2.05) is 18.2 Å². The smallest absolute Gasteiger partial charge is 0.238 e. The highest BCUT2D eigenvalue weighted by molar-refractivity contribution is 6.11. The number of hydrogen-bond acceptors (Lipinski definition) is 3. The first-order valence-electron chi connectivity index (χ1n) is 21.5. The van der Waals surface area contributed by atoms with Gasteiger partial charge in [-0.15, -0.1) is 0 Å². The summed E-state index contributed by atoms with van der Waals surface area (Å²) in [6.07, 6.45) is 13.0. The Labute approximate surface area is 360 Å². The number of aromatic nitrogens is 4. The highest BCUT2D eigenvalue weighted by atomic mass is 15.2. The second kappa shape index (κ2) is 15.9. The SMILES string of the molecule is CC=CC=C(C)c1cc(-c2cccc(-c3nc(-c4ccccc4)nc(-n4c5ccccc5c5cc6c(cc54)C(C)(C)c4ccccc4-6)n3)c2)cc(C(C=CC)=CC)c1C(C)C. The maximum atomic E-state index is 5.38. The van der Waals surface area contributed by atoms with Crippen molar-refractivity contribution in [3.8, 4) is 51.0 Å². The second-order valence-electron chi connectivity index (χ2n) is 16.9. The molecule has 0 saturated heterocycles. The predicted molar refractivity (Wildman–Crippen MR) is 259 cm³/mol. The van der Waals surface area contributed by atoms with Gasteiger partial charge in [-0.3, -0.25) is 4.57 Å². The zero-order chi connectivity index (χ0) is 42.4. The molecule has 0 bridgehead atoms. The van der Waals surface area contributed by atoms with Crippen LogP contribution in [0.25, 0.3) is 83.9 Å². The molecule has 0 aliphatic heterocycles. The van der Waals surface area contributed by atoms with Crippen LogP contribution in [-0.4, -0.2) is 19.5 Å². The molecule has 0 atom stereocenters. The molecule has 0 fully saturated rings. The van der Waals surface area contributed by atoms with Gasteiger partial charge >= 0.3 is 0 Å². The van der Waals surface area contributed by atoms with Crippen LogP contribution in [0.5, 0.6) is 0 Å². The maximum absolute atomic E-state index is 5.38. The molecule has 1 aliphatic rings. The van der Waals surface area contributed by atoms with Gasteiger partial charge in [0.15, 0.2) is 11.6 Å². The van der Waals surface area contributed by atoms with Gasteiger partial charge in [-0.25, -0.2) is 4.98 Å². The molecular weight excluding hydrogens is 741 g/mol. The molecule has 4 heteroatoms. The van der Waals surface area contributed by atoms with Crippen molar-refractivity contribution in [2.75, 3.05) is 0 Å². The van der Waals surface area contributed by atoms with Crippen molar-refractivity contribution in [1.29, 1.82) is 0 Å². The number of allylic oxidation sites excluding steroid dienone is 8. The summed E-state index contributed by atoms with van der Waals surface area (Å²) < 4.78 is 2.24.